The van der Waals surface area contributed by atoms with Crippen molar-refractivity contribution >= 4 is 11.4 Å². The largest absolute Gasteiger partial charge is 0.383 e. The van der Waals surface area contributed by atoms with E-state index in [4.69, 9.17) is 0 Å². The normalized spacial score (nSPS) is 10.0. The van der Waals surface area contributed by atoms with Crippen molar-refractivity contribution in [2.45, 2.75) is 0 Å². The Balaban J connectivity index is 2.75. The number of nitro benzene ring substituents is 1. The van der Waals surface area contributed by atoms with Crippen LogP contribution in [0.3, 0.4) is 0 Å². The first kappa shape index (κ1) is 11.4. The van der Waals surface area contributed by atoms with Gasteiger partial charge in [0.25, 0.3) is 5.69 Å². The van der Waals surface area contributed by atoms with Gasteiger partial charge in [-0.2, -0.15) is 0 Å². The Bertz CT molecular complexity index is 357. The molecule has 82 valence electrons. The van der Waals surface area contributed by atoms with Crippen LogP contribution < -0.4 is 10.6 Å². The molecule has 0 radical (unpaired) electrons. The minimum Gasteiger partial charge on any atom is -0.383 e. The van der Waals surface area contributed by atoms with Crippen molar-refractivity contribution in [1.82, 2.24) is 5.32 Å². The molecule has 1 rings (SSSR count). The van der Waals surface area contributed by atoms with Gasteiger partial charge in [0, 0.05) is 24.8 Å². The van der Waals surface area contributed by atoms with Crippen LogP contribution in [0.15, 0.2) is 18.2 Å². The summed E-state index contributed by atoms with van der Waals surface area (Å²) in [5, 5.41) is 16.2. The molecular weight excluding hydrogens is 201 g/mol. The quantitative estimate of drug-likeness (QED) is 0.440. The average Bonchev–Trinajstić information content (AvgIpc) is 2.17. The maximum Gasteiger partial charge on any atom is 0.274 e. The highest BCUT2D eigenvalue weighted by molar-refractivity contribution is 5.51. The monoisotopic (exact) mass is 213 g/mol. The summed E-state index contributed by atoms with van der Waals surface area (Å²) in [4.78, 5) is 9.82. The summed E-state index contributed by atoms with van der Waals surface area (Å²) >= 11 is 0. The van der Waals surface area contributed by atoms with E-state index in [2.05, 4.69) is 10.6 Å². The van der Waals surface area contributed by atoms with E-state index in [0.717, 1.165) is 6.07 Å². The van der Waals surface area contributed by atoms with Crippen LogP contribution >= 0.6 is 0 Å². The van der Waals surface area contributed by atoms with Crippen molar-refractivity contribution < 1.29 is 9.31 Å². The second-order valence-electron chi connectivity index (χ2n) is 2.99. The predicted octanol–water partition coefficient (Wildman–Crippen LogP) is 1.37. The summed E-state index contributed by atoms with van der Waals surface area (Å²) < 4.78 is 12.9. The van der Waals surface area contributed by atoms with E-state index in [9.17, 15) is 14.5 Å². The third-order valence-corrected chi connectivity index (χ3v) is 1.80. The van der Waals surface area contributed by atoms with Crippen molar-refractivity contribution in [3.05, 3.63) is 34.1 Å². The number of anilines is 1. The number of hydrogen-bond acceptors (Lipinski definition) is 4. The first-order valence-electron chi connectivity index (χ1n) is 4.47. The molecule has 6 heteroatoms. The van der Waals surface area contributed by atoms with Gasteiger partial charge in [0.15, 0.2) is 0 Å². The lowest BCUT2D eigenvalue weighted by molar-refractivity contribution is -0.385. The summed E-state index contributed by atoms with van der Waals surface area (Å²) in [5.74, 6) is -0.615. The van der Waals surface area contributed by atoms with Crippen LogP contribution in [-0.2, 0) is 0 Å². The zero-order valence-electron chi connectivity index (χ0n) is 8.29. The summed E-state index contributed by atoms with van der Waals surface area (Å²) in [6, 6.07) is 3.42. The molecule has 0 unspecified atom stereocenters. The van der Waals surface area contributed by atoms with E-state index in [0.29, 0.717) is 18.8 Å². The van der Waals surface area contributed by atoms with Crippen LogP contribution in [0, 0.1) is 15.9 Å². The maximum atomic E-state index is 12.9. The minimum atomic E-state index is -0.619. The third-order valence-electron chi connectivity index (χ3n) is 1.80. The maximum absolute atomic E-state index is 12.9. The molecule has 0 aromatic heterocycles. The molecule has 0 saturated heterocycles. The van der Waals surface area contributed by atoms with E-state index in [1.54, 1.807) is 7.05 Å². The second-order valence-corrected chi connectivity index (χ2v) is 2.99. The number of hydrogen-bond donors (Lipinski definition) is 2. The molecular formula is C9H12FN3O2. The van der Waals surface area contributed by atoms with Crippen LogP contribution in [-0.4, -0.2) is 25.1 Å². The van der Waals surface area contributed by atoms with Crippen molar-refractivity contribution in [2.75, 3.05) is 25.5 Å². The average molecular weight is 213 g/mol. The fourth-order valence-corrected chi connectivity index (χ4v) is 1.11. The highest BCUT2D eigenvalue weighted by atomic mass is 19.1. The Morgan fingerprint density at radius 3 is 2.73 bits per heavy atom. The number of rotatable bonds is 5. The second kappa shape index (κ2) is 5.26. The molecule has 15 heavy (non-hydrogen) atoms. The Morgan fingerprint density at radius 1 is 1.40 bits per heavy atom. The highest BCUT2D eigenvalue weighted by Crippen LogP contribution is 2.19. The summed E-state index contributed by atoms with van der Waals surface area (Å²) in [6.07, 6.45) is 0. The van der Waals surface area contributed by atoms with Gasteiger partial charge in [0.05, 0.1) is 11.0 Å². The lowest BCUT2D eigenvalue weighted by Crippen LogP contribution is -2.17. The van der Waals surface area contributed by atoms with Gasteiger partial charge in [-0.15, -0.1) is 0 Å². The number of halogens is 1. The number of non-ortho nitro benzene ring substituents is 1. The van der Waals surface area contributed by atoms with Crippen LogP contribution in [0.25, 0.3) is 0 Å². The fraction of sp³-hybridized carbons (Fsp3) is 0.333. The third kappa shape index (κ3) is 3.51. The highest BCUT2D eigenvalue weighted by Gasteiger charge is 2.08. The van der Waals surface area contributed by atoms with Gasteiger partial charge < -0.3 is 10.6 Å². The van der Waals surface area contributed by atoms with Gasteiger partial charge in [-0.3, -0.25) is 10.1 Å². The van der Waals surface area contributed by atoms with Crippen LogP contribution in [0.2, 0.25) is 0 Å². The van der Waals surface area contributed by atoms with E-state index >= 15 is 0 Å². The molecule has 0 amide bonds. The first-order valence-corrected chi connectivity index (χ1v) is 4.47. The van der Waals surface area contributed by atoms with Gasteiger partial charge >= 0.3 is 0 Å². The smallest absolute Gasteiger partial charge is 0.274 e. The Hall–Kier alpha value is -1.69. The number of nitrogens with zero attached hydrogens (tertiary/aromatic N) is 1. The molecule has 0 spiro atoms. The number of likely N-dealkylation sites (N-methyl/N-ethyl adjacent to an activating group) is 1. The van der Waals surface area contributed by atoms with Gasteiger partial charge in [0.2, 0.25) is 0 Å². The molecule has 0 aliphatic carbocycles. The molecule has 0 saturated carbocycles. The van der Waals surface area contributed by atoms with Crippen LogP contribution in [0.1, 0.15) is 0 Å². The molecule has 1 aromatic carbocycles. The standard InChI is InChI=1S/C9H12FN3O2/c1-11-2-3-12-8-4-7(10)5-9(6-8)13(14)15/h4-6,11-12H,2-3H2,1H3. The molecule has 1 aromatic rings. The molecule has 0 heterocycles. The van der Waals surface area contributed by atoms with E-state index in [1.807, 2.05) is 0 Å². The molecule has 0 bridgehead atoms. The molecule has 0 atom stereocenters. The van der Waals surface area contributed by atoms with Gasteiger partial charge in [-0.05, 0) is 13.1 Å². The van der Waals surface area contributed by atoms with Crippen molar-refractivity contribution in [2.24, 2.45) is 0 Å². The van der Waals surface area contributed by atoms with Gasteiger partial charge in [-0.25, -0.2) is 4.39 Å². The Morgan fingerprint density at radius 2 is 2.13 bits per heavy atom. The number of nitrogens with one attached hydrogen (secondary N) is 2. The van der Waals surface area contributed by atoms with Gasteiger partial charge in [-0.1, -0.05) is 0 Å². The molecule has 0 aliphatic rings. The molecule has 5 nitrogen and oxygen atoms in total. The molecule has 2 N–H and O–H groups in total. The van der Waals surface area contributed by atoms with Gasteiger partial charge in [0.1, 0.15) is 5.82 Å². The van der Waals surface area contributed by atoms with Crippen LogP contribution in [0.5, 0.6) is 0 Å². The van der Waals surface area contributed by atoms with Crippen molar-refractivity contribution in [3.8, 4) is 0 Å². The van der Waals surface area contributed by atoms with E-state index in [-0.39, 0.29) is 5.69 Å². The first-order chi connectivity index (χ1) is 7.13. The zero-order valence-corrected chi connectivity index (χ0v) is 8.29. The van der Waals surface area contributed by atoms with E-state index in [1.165, 1.54) is 12.1 Å². The van der Waals surface area contributed by atoms with Crippen molar-refractivity contribution in [3.63, 3.8) is 0 Å². The lowest BCUT2D eigenvalue weighted by atomic mass is 10.2. The van der Waals surface area contributed by atoms with Crippen molar-refractivity contribution in [1.29, 1.82) is 0 Å². The van der Waals surface area contributed by atoms with Crippen LogP contribution in [0.4, 0.5) is 15.8 Å². The van der Waals surface area contributed by atoms with E-state index < -0.39 is 10.7 Å². The fourth-order valence-electron chi connectivity index (χ4n) is 1.11. The Kier molecular flexibility index (Phi) is 3.99. The zero-order chi connectivity index (χ0) is 11.3. The molecule has 0 fully saturated rings. The number of benzene rings is 1. The summed E-state index contributed by atoms with van der Waals surface area (Å²) in [5.41, 5.74) is 0.166. The Labute approximate surface area is 86.4 Å². The summed E-state index contributed by atoms with van der Waals surface area (Å²) in [6.45, 7) is 1.28. The summed E-state index contributed by atoms with van der Waals surface area (Å²) in [7, 11) is 1.79. The SMILES string of the molecule is CNCCNc1cc(F)cc([N+](=O)[O-])c1. The topological polar surface area (TPSA) is 67.2 Å². The molecule has 0 aliphatic heterocycles. The lowest BCUT2D eigenvalue weighted by Gasteiger charge is -2.05. The minimum absolute atomic E-state index is 0.248. The predicted molar refractivity (Wildman–Crippen MR) is 55.5 cm³/mol. The number of nitro groups is 1.